The van der Waals surface area contributed by atoms with Gasteiger partial charge in [-0.05, 0) is 55.3 Å². The number of hydrogen-bond acceptors (Lipinski definition) is 7. The number of benzene rings is 2. The van der Waals surface area contributed by atoms with Gasteiger partial charge in [-0.1, -0.05) is 23.7 Å². The molecule has 0 saturated carbocycles. The van der Waals surface area contributed by atoms with Crippen molar-refractivity contribution in [2.75, 3.05) is 31.1 Å². The van der Waals surface area contributed by atoms with Crippen molar-refractivity contribution in [3.63, 3.8) is 0 Å². The number of carbonyl (C=O) groups is 1. The normalized spacial score (nSPS) is 14.1. The van der Waals surface area contributed by atoms with Crippen molar-refractivity contribution in [2.45, 2.75) is 31.9 Å². The van der Waals surface area contributed by atoms with Gasteiger partial charge in [-0.2, -0.15) is 0 Å². The van der Waals surface area contributed by atoms with Crippen molar-refractivity contribution < 1.29 is 32.5 Å². The van der Waals surface area contributed by atoms with E-state index in [0.29, 0.717) is 43.9 Å². The fraction of sp³-hybridized carbons (Fsp3) is 0.321. The summed E-state index contributed by atoms with van der Waals surface area (Å²) in [6, 6.07) is 11.2. The van der Waals surface area contributed by atoms with Crippen molar-refractivity contribution in [3.8, 4) is 5.75 Å². The predicted octanol–water partition coefficient (Wildman–Crippen LogP) is 5.81. The number of rotatable bonds is 11. The number of nitrogens with one attached hydrogen (secondary N) is 1. The number of anilines is 1. The molecule has 0 spiro atoms. The fourth-order valence-electron chi connectivity index (χ4n) is 4.62. The highest BCUT2D eigenvalue weighted by molar-refractivity contribution is 6.32. The highest BCUT2D eigenvalue weighted by atomic mass is 35.5. The maximum atomic E-state index is 12.5. The molecule has 2 N–H and O–H groups in total. The van der Waals surface area contributed by atoms with Crippen LogP contribution in [-0.4, -0.2) is 59.8 Å². The molecule has 4 aromatic rings. The van der Waals surface area contributed by atoms with Gasteiger partial charge < -0.3 is 24.8 Å². The first-order valence-corrected chi connectivity index (χ1v) is 13.1. The van der Waals surface area contributed by atoms with E-state index in [9.17, 15) is 23.1 Å². The van der Waals surface area contributed by atoms with Crippen LogP contribution in [0.1, 0.15) is 28.8 Å². The van der Waals surface area contributed by atoms with Crippen molar-refractivity contribution in [3.05, 3.63) is 71.0 Å². The molecule has 3 heterocycles. The maximum absolute atomic E-state index is 12.5. The molecule has 8 nitrogen and oxygen atoms in total. The third-order valence-electron chi connectivity index (χ3n) is 6.62. The summed E-state index contributed by atoms with van der Waals surface area (Å²) in [5, 5.41) is 15.2. The molecule has 0 radical (unpaired) electrons. The Morgan fingerprint density at radius 1 is 1.10 bits per heavy atom. The molecule has 0 bridgehead atoms. The van der Waals surface area contributed by atoms with Gasteiger partial charge in [0.15, 0.2) is 0 Å². The minimum absolute atomic E-state index is 0.0637. The second-order valence-corrected chi connectivity index (χ2v) is 9.90. The van der Waals surface area contributed by atoms with Crippen LogP contribution in [-0.2, 0) is 11.3 Å². The number of hydrogen-bond donors (Lipinski definition) is 2. The maximum Gasteiger partial charge on any atom is 0.573 e. The molecule has 1 aliphatic heterocycles. The first-order valence-electron chi connectivity index (χ1n) is 12.7. The topological polar surface area (TPSA) is 96.8 Å². The number of halogens is 4. The average Bonchev–Trinajstić information content (AvgIpc) is 2.89. The number of nitrogens with zero attached hydrogens (tertiary/aromatic N) is 3. The first-order chi connectivity index (χ1) is 19.2. The third-order valence-corrected chi connectivity index (χ3v) is 6.93. The zero-order valence-electron chi connectivity index (χ0n) is 21.2. The molecular weight excluding hydrogens is 549 g/mol. The summed E-state index contributed by atoms with van der Waals surface area (Å²) in [4.78, 5) is 22.6. The zero-order valence-corrected chi connectivity index (χ0v) is 22.0. The predicted molar refractivity (Wildman–Crippen MR) is 145 cm³/mol. The van der Waals surface area contributed by atoms with Crippen LogP contribution in [0.4, 0.5) is 19.0 Å². The molecule has 0 atom stereocenters. The Morgan fingerprint density at radius 3 is 2.70 bits per heavy atom. The Morgan fingerprint density at radius 2 is 1.93 bits per heavy atom. The molecule has 1 saturated heterocycles. The number of unbranched alkanes of at least 4 members (excludes halogenated alkanes) is 1. The van der Waals surface area contributed by atoms with E-state index in [1.807, 2.05) is 6.07 Å². The van der Waals surface area contributed by atoms with Crippen LogP contribution >= 0.6 is 11.6 Å². The van der Waals surface area contributed by atoms with Crippen LogP contribution in [0.25, 0.3) is 21.7 Å². The van der Waals surface area contributed by atoms with E-state index in [1.165, 1.54) is 12.1 Å². The molecule has 210 valence electrons. The van der Waals surface area contributed by atoms with Gasteiger partial charge in [-0.15, -0.1) is 13.2 Å². The van der Waals surface area contributed by atoms with Gasteiger partial charge in [0.1, 0.15) is 11.6 Å². The van der Waals surface area contributed by atoms with E-state index < -0.39 is 18.1 Å². The number of carboxylic acid groups (broad SMARTS) is 1. The van der Waals surface area contributed by atoms with E-state index in [0.717, 1.165) is 34.8 Å². The second-order valence-electron chi connectivity index (χ2n) is 9.49. The number of aromatic carboxylic acids is 1. The summed E-state index contributed by atoms with van der Waals surface area (Å²) in [5.41, 5.74) is 1.43. The monoisotopic (exact) mass is 574 g/mol. The summed E-state index contributed by atoms with van der Waals surface area (Å²) < 4.78 is 47.4. The standard InChI is InChI=1S/C28H26ClF3N4O4/c29-23-6-3-17(11-25(23)40-28(30,31)32)13-33-8-1-2-10-39-19-15-36(16-19)26-21-7-9-34-14-22(21)20-5-4-18(27(37)38)12-24(20)35-26/h3-7,9,11-12,14,19,33H,1-2,8,10,13,15-16H2,(H,37,38). The van der Waals surface area contributed by atoms with Crippen molar-refractivity contribution in [2.24, 2.45) is 0 Å². The number of fused-ring (bicyclic) bond motifs is 3. The minimum atomic E-state index is -4.80. The lowest BCUT2D eigenvalue weighted by molar-refractivity contribution is -0.274. The van der Waals surface area contributed by atoms with Gasteiger partial charge in [0.2, 0.25) is 0 Å². The smallest absolute Gasteiger partial charge is 0.478 e. The number of ether oxygens (including phenoxy) is 2. The molecule has 2 aromatic heterocycles. The highest BCUT2D eigenvalue weighted by Crippen LogP contribution is 2.34. The zero-order chi connectivity index (χ0) is 28.3. The van der Waals surface area contributed by atoms with Crippen LogP contribution in [0.2, 0.25) is 5.02 Å². The van der Waals surface area contributed by atoms with Gasteiger partial charge in [0, 0.05) is 54.8 Å². The Balaban J connectivity index is 1.07. The van der Waals surface area contributed by atoms with Gasteiger partial charge in [0.05, 0.1) is 22.2 Å². The second kappa shape index (κ2) is 11.8. The van der Waals surface area contributed by atoms with E-state index in [2.05, 4.69) is 19.9 Å². The van der Waals surface area contributed by atoms with Crippen LogP contribution < -0.4 is 15.0 Å². The first kappa shape index (κ1) is 27.9. The fourth-order valence-corrected chi connectivity index (χ4v) is 4.77. The number of alkyl halides is 3. The van der Waals surface area contributed by atoms with Crippen LogP contribution in [0.5, 0.6) is 5.75 Å². The van der Waals surface area contributed by atoms with Crippen LogP contribution in [0, 0.1) is 0 Å². The van der Waals surface area contributed by atoms with Gasteiger partial charge in [-0.25, -0.2) is 9.78 Å². The summed E-state index contributed by atoms with van der Waals surface area (Å²) in [7, 11) is 0. The molecule has 2 aromatic carbocycles. The summed E-state index contributed by atoms with van der Waals surface area (Å²) in [6.07, 6.45) is 0.423. The van der Waals surface area contributed by atoms with Crippen LogP contribution in [0.15, 0.2) is 54.9 Å². The lowest BCUT2D eigenvalue weighted by Gasteiger charge is -2.40. The largest absolute Gasteiger partial charge is 0.573 e. The third kappa shape index (κ3) is 6.55. The molecular formula is C28H26ClF3N4O4. The molecule has 1 aliphatic rings. The molecule has 5 rings (SSSR count). The lowest BCUT2D eigenvalue weighted by atomic mass is 10.0. The SMILES string of the molecule is O=C(O)c1ccc2c(c1)nc(N1CC(OCCCCNCc3ccc(Cl)c(OC(F)(F)F)c3)C1)c1ccncc12. The van der Waals surface area contributed by atoms with Crippen molar-refractivity contribution in [1.82, 2.24) is 15.3 Å². The molecule has 12 heteroatoms. The Bertz CT molecular complexity index is 1530. The van der Waals surface area contributed by atoms with Crippen molar-refractivity contribution in [1.29, 1.82) is 0 Å². The lowest BCUT2D eigenvalue weighted by Crippen LogP contribution is -2.52. The number of carboxylic acids is 1. The number of pyridine rings is 2. The van der Waals surface area contributed by atoms with E-state index in [-0.39, 0.29) is 16.7 Å². The van der Waals surface area contributed by atoms with E-state index >= 15 is 0 Å². The van der Waals surface area contributed by atoms with E-state index in [1.54, 1.807) is 36.7 Å². The summed E-state index contributed by atoms with van der Waals surface area (Å²) in [6.45, 7) is 3.00. The Hall–Kier alpha value is -3.67. The molecule has 0 aliphatic carbocycles. The molecule has 0 unspecified atom stereocenters. The molecule has 0 amide bonds. The highest BCUT2D eigenvalue weighted by Gasteiger charge is 2.32. The Kier molecular flexibility index (Phi) is 8.24. The van der Waals surface area contributed by atoms with Gasteiger partial charge in [-0.3, -0.25) is 4.98 Å². The van der Waals surface area contributed by atoms with E-state index in [4.69, 9.17) is 21.3 Å². The average molecular weight is 575 g/mol. The summed E-state index contributed by atoms with van der Waals surface area (Å²) in [5.74, 6) is -0.633. The Labute approximate surface area is 232 Å². The van der Waals surface area contributed by atoms with Gasteiger partial charge in [0.25, 0.3) is 0 Å². The number of aromatic nitrogens is 2. The molecule has 40 heavy (non-hydrogen) atoms. The van der Waals surface area contributed by atoms with Crippen LogP contribution in [0.3, 0.4) is 0 Å². The van der Waals surface area contributed by atoms with Crippen molar-refractivity contribution >= 4 is 45.1 Å². The van der Waals surface area contributed by atoms with Gasteiger partial charge >= 0.3 is 12.3 Å². The molecule has 1 fully saturated rings. The quantitative estimate of drug-likeness (QED) is 0.171. The minimum Gasteiger partial charge on any atom is -0.478 e. The summed E-state index contributed by atoms with van der Waals surface area (Å²) >= 11 is 5.78.